The highest BCUT2D eigenvalue weighted by molar-refractivity contribution is 6.04. The van der Waals surface area contributed by atoms with Crippen LogP contribution in [0.3, 0.4) is 0 Å². The van der Waals surface area contributed by atoms with Gasteiger partial charge in [0.1, 0.15) is 0 Å². The highest BCUT2D eigenvalue weighted by Gasteiger charge is 2.16. The lowest BCUT2D eigenvalue weighted by Gasteiger charge is -2.26. The van der Waals surface area contributed by atoms with Crippen LogP contribution in [-0.2, 0) is 0 Å². The summed E-state index contributed by atoms with van der Waals surface area (Å²) in [7, 11) is 0. The third-order valence-electron chi connectivity index (χ3n) is 10.7. The lowest BCUT2D eigenvalue weighted by Crippen LogP contribution is -2.09. The summed E-state index contributed by atoms with van der Waals surface area (Å²) in [6, 6.07) is 71.8. The van der Waals surface area contributed by atoms with Crippen LogP contribution in [-0.4, -0.2) is 0 Å². The first-order valence-corrected chi connectivity index (χ1v) is 19.3. The van der Waals surface area contributed by atoms with Crippen LogP contribution in [0, 0.1) is 0 Å². The Morgan fingerprint density at radius 3 is 1.47 bits per heavy atom. The maximum Gasteiger partial charge on any atom is 0.0645 e. The summed E-state index contributed by atoms with van der Waals surface area (Å²) in [6.07, 6.45) is 0. The molecule has 268 valence electrons. The molecule has 10 aromatic carbocycles. The number of anilines is 3. The largest absolute Gasteiger partial charge is 0.311 e. The Kier molecular flexibility index (Phi) is 7.84. The molecular weight excluding hydrogens is 687 g/mol. The third-order valence-corrected chi connectivity index (χ3v) is 10.7. The molecule has 0 amide bonds. The second-order valence-corrected chi connectivity index (χ2v) is 14.2. The monoisotopic (exact) mass is 729 g/mol. The van der Waals surface area contributed by atoms with E-state index >= 15 is 0 Å². The van der Waals surface area contributed by atoms with Gasteiger partial charge in [-0.1, -0.05) is 188 Å². The molecule has 0 saturated carbocycles. The molecule has 0 spiro atoms. The van der Waals surface area contributed by atoms with E-state index in [2.05, 4.69) is 152 Å². The van der Waals surface area contributed by atoms with Crippen LogP contribution >= 0.6 is 0 Å². The summed E-state index contributed by atoms with van der Waals surface area (Å²) in [5, 5.41) is 4.74. The van der Waals surface area contributed by atoms with Crippen molar-refractivity contribution in [3.05, 3.63) is 236 Å². The fourth-order valence-corrected chi connectivity index (χ4v) is 7.84. The standard InChI is InChI=1S/C56H39N/c1-3-12-40(13-4-1)42-24-31-51(32-25-42)57(52-33-26-43(27-34-52)48-19-11-20-49(38-48)50-23-22-41-14-7-8-18-47(41)39-50)53-35-28-45(29-36-53)55-37-30-44-15-9-10-21-54(44)56(55)46-16-5-2-6-17-46/h1-39H/i24D,25D,31D,32D. The highest BCUT2D eigenvalue weighted by atomic mass is 15.1. The van der Waals surface area contributed by atoms with Crippen molar-refractivity contribution in [1.29, 1.82) is 0 Å². The average Bonchev–Trinajstić information content (AvgIpc) is 3.32. The lowest BCUT2D eigenvalue weighted by atomic mass is 9.90. The van der Waals surface area contributed by atoms with E-state index in [9.17, 15) is 5.48 Å². The molecule has 0 radical (unpaired) electrons. The van der Waals surface area contributed by atoms with Gasteiger partial charge in [-0.15, -0.1) is 0 Å². The summed E-state index contributed by atoms with van der Waals surface area (Å²) >= 11 is 0. The molecule has 10 aromatic rings. The minimum absolute atomic E-state index is 0.0883. The van der Waals surface area contributed by atoms with E-state index in [0.717, 1.165) is 44.5 Å². The fraction of sp³-hybridized carbons (Fsp3) is 0. The van der Waals surface area contributed by atoms with Crippen LogP contribution < -0.4 is 4.90 Å². The van der Waals surface area contributed by atoms with Crippen LogP contribution in [0.4, 0.5) is 17.1 Å². The summed E-state index contributed by atoms with van der Waals surface area (Å²) < 4.78 is 37.3. The number of rotatable bonds is 8. The van der Waals surface area contributed by atoms with Gasteiger partial charge < -0.3 is 4.90 Å². The van der Waals surface area contributed by atoms with Gasteiger partial charge in [-0.25, -0.2) is 0 Å². The molecule has 10 rings (SSSR count). The Balaban J connectivity index is 1.09. The van der Waals surface area contributed by atoms with Crippen LogP contribution in [0.2, 0.25) is 0 Å². The third kappa shape index (κ3) is 6.77. The first kappa shape index (κ1) is 29.8. The quantitative estimate of drug-likeness (QED) is 0.151. The molecule has 0 aliphatic carbocycles. The normalized spacial score (nSPS) is 12.1. The number of nitrogens with zero attached hydrogens (tertiary/aromatic N) is 1. The van der Waals surface area contributed by atoms with E-state index < -0.39 is 0 Å². The fourth-order valence-electron chi connectivity index (χ4n) is 7.84. The lowest BCUT2D eigenvalue weighted by molar-refractivity contribution is 1.28. The van der Waals surface area contributed by atoms with E-state index in [1.807, 2.05) is 65.6 Å². The summed E-state index contributed by atoms with van der Waals surface area (Å²) in [5.74, 6) is 0. The highest BCUT2D eigenvalue weighted by Crippen LogP contribution is 2.41. The zero-order valence-electron chi connectivity index (χ0n) is 35.2. The maximum absolute atomic E-state index is 9.43. The van der Waals surface area contributed by atoms with Crippen molar-refractivity contribution >= 4 is 38.6 Å². The summed E-state index contributed by atoms with van der Waals surface area (Å²) in [6.45, 7) is 0. The first-order chi connectivity index (χ1) is 29.9. The van der Waals surface area contributed by atoms with Gasteiger partial charge in [0.2, 0.25) is 0 Å². The summed E-state index contributed by atoms with van der Waals surface area (Å²) in [5.41, 5.74) is 11.3. The van der Waals surface area contributed by atoms with Gasteiger partial charge in [0.15, 0.2) is 0 Å². The van der Waals surface area contributed by atoms with Gasteiger partial charge >= 0.3 is 0 Å². The van der Waals surface area contributed by atoms with Crippen molar-refractivity contribution in [2.75, 3.05) is 4.90 Å². The zero-order valence-corrected chi connectivity index (χ0v) is 31.2. The Morgan fingerprint density at radius 2 is 0.772 bits per heavy atom. The molecule has 0 fully saturated rings. The van der Waals surface area contributed by atoms with Gasteiger partial charge in [-0.3, -0.25) is 0 Å². The molecule has 0 saturated heterocycles. The average molecular weight is 730 g/mol. The predicted octanol–water partition coefficient (Wildman–Crippen LogP) is 15.8. The van der Waals surface area contributed by atoms with E-state index in [0.29, 0.717) is 16.9 Å². The molecule has 0 N–H and O–H groups in total. The van der Waals surface area contributed by atoms with E-state index in [1.54, 1.807) is 0 Å². The topological polar surface area (TPSA) is 3.24 Å². The van der Waals surface area contributed by atoms with Crippen molar-refractivity contribution in [3.8, 4) is 55.6 Å². The Labute approximate surface area is 340 Å². The summed E-state index contributed by atoms with van der Waals surface area (Å²) in [4.78, 5) is 1.85. The molecule has 0 bridgehead atoms. The van der Waals surface area contributed by atoms with Crippen molar-refractivity contribution in [3.63, 3.8) is 0 Å². The Hall–Kier alpha value is -7.48. The molecule has 0 heterocycles. The first-order valence-electron chi connectivity index (χ1n) is 21.3. The number of benzene rings is 10. The minimum Gasteiger partial charge on any atom is -0.311 e. The van der Waals surface area contributed by atoms with Crippen molar-refractivity contribution < 1.29 is 5.48 Å². The minimum atomic E-state index is -0.114. The molecule has 57 heavy (non-hydrogen) atoms. The predicted molar refractivity (Wildman–Crippen MR) is 243 cm³/mol. The molecule has 0 aromatic heterocycles. The van der Waals surface area contributed by atoms with E-state index in [4.69, 9.17) is 0 Å². The smallest absolute Gasteiger partial charge is 0.0645 e. The Bertz CT molecular complexity index is 3190. The molecule has 0 atom stereocenters. The van der Waals surface area contributed by atoms with E-state index in [-0.39, 0.29) is 35.4 Å². The molecule has 0 aliphatic heterocycles. The molecule has 1 nitrogen and oxygen atoms in total. The van der Waals surface area contributed by atoms with Crippen LogP contribution in [0.15, 0.2) is 236 Å². The van der Waals surface area contributed by atoms with E-state index in [1.165, 1.54) is 21.5 Å². The molecule has 0 unspecified atom stereocenters. The van der Waals surface area contributed by atoms with Gasteiger partial charge in [0.25, 0.3) is 0 Å². The molecule has 1 heteroatoms. The van der Waals surface area contributed by atoms with Gasteiger partial charge in [-0.05, 0) is 126 Å². The van der Waals surface area contributed by atoms with Gasteiger partial charge in [0, 0.05) is 17.1 Å². The number of fused-ring (bicyclic) bond motifs is 2. The van der Waals surface area contributed by atoms with Crippen LogP contribution in [0.5, 0.6) is 0 Å². The van der Waals surface area contributed by atoms with Gasteiger partial charge in [-0.2, -0.15) is 0 Å². The zero-order chi connectivity index (χ0) is 41.5. The number of hydrogen-bond acceptors (Lipinski definition) is 1. The molecular formula is C56H39N. The van der Waals surface area contributed by atoms with Crippen LogP contribution in [0.25, 0.3) is 77.2 Å². The van der Waals surface area contributed by atoms with Crippen molar-refractivity contribution in [1.82, 2.24) is 0 Å². The second kappa shape index (κ2) is 15.0. The maximum atomic E-state index is 9.43. The van der Waals surface area contributed by atoms with Crippen molar-refractivity contribution in [2.24, 2.45) is 0 Å². The number of hydrogen-bond donors (Lipinski definition) is 0. The van der Waals surface area contributed by atoms with Crippen molar-refractivity contribution in [2.45, 2.75) is 0 Å². The SMILES string of the molecule is [2H]c1c([2H])c(N(c2ccc(-c3cccc(-c4ccc5ccccc5c4)c3)cc2)c2ccc(-c3ccc4ccccc4c3-c3ccccc3)cc2)c([2H])c([2H])c1-c1ccccc1. The van der Waals surface area contributed by atoms with Crippen LogP contribution in [0.1, 0.15) is 5.48 Å². The van der Waals surface area contributed by atoms with Gasteiger partial charge in [0.05, 0.1) is 5.48 Å². The Morgan fingerprint density at radius 1 is 0.281 bits per heavy atom. The second-order valence-electron chi connectivity index (χ2n) is 14.2. The molecule has 0 aliphatic rings.